The molecule has 2 fully saturated rings. The first-order valence-electron chi connectivity index (χ1n) is 9.62. The molecule has 28 heavy (non-hydrogen) atoms. The van der Waals surface area contributed by atoms with E-state index in [4.69, 9.17) is 11.5 Å². The Morgan fingerprint density at radius 3 is 2.71 bits per heavy atom. The number of para-hydroxylation sites is 1. The van der Waals surface area contributed by atoms with Gasteiger partial charge < -0.3 is 26.5 Å². The van der Waals surface area contributed by atoms with Crippen LogP contribution in [0.1, 0.15) is 36.8 Å². The number of hydrogen-bond donors (Lipinski definition) is 4. The normalized spacial score (nSPS) is 21.0. The van der Waals surface area contributed by atoms with E-state index in [-0.39, 0.29) is 11.7 Å². The van der Waals surface area contributed by atoms with Crippen molar-refractivity contribution in [2.75, 3.05) is 12.3 Å². The largest absolute Gasteiger partial charge is 0.507 e. The molecule has 148 valence electrons. The van der Waals surface area contributed by atoms with E-state index in [1.807, 2.05) is 17.0 Å². The number of nitrogen functional groups attached to an aromatic ring is 1. The number of phenols is 1. The average molecular weight is 380 g/mol. The zero-order valence-electron chi connectivity index (χ0n) is 16.0. The first-order chi connectivity index (χ1) is 13.5. The summed E-state index contributed by atoms with van der Waals surface area (Å²) >= 11 is 0. The van der Waals surface area contributed by atoms with Crippen LogP contribution in [0.5, 0.6) is 5.75 Å². The number of carbonyl (C=O) groups excluding carboxylic acids is 1. The number of aromatic hydroxyl groups is 1. The molecule has 0 radical (unpaired) electrons. The second-order valence-electron chi connectivity index (χ2n) is 7.25. The number of aromatic nitrogens is 1. The summed E-state index contributed by atoms with van der Waals surface area (Å²) in [6.45, 7) is 4.49. The van der Waals surface area contributed by atoms with Gasteiger partial charge in [-0.3, -0.25) is 4.79 Å². The Labute approximate surface area is 165 Å². The number of amides is 1. The van der Waals surface area contributed by atoms with Crippen molar-refractivity contribution < 1.29 is 9.90 Å². The molecule has 1 saturated carbocycles. The standard InChI is InChI=1S/C12H13N3O.C10H15NO/c13-10(7-8-5-6-15-12(8)14)9-3-1-2-4-11(9)16;1-2-10(12)11-7-6-8-4-3-5-9(8)11/h1-7,15-16H,13-14H2;2,8-9H,1,3-7H2/b10-7-;. The van der Waals surface area contributed by atoms with Crippen LogP contribution >= 0.6 is 0 Å². The van der Waals surface area contributed by atoms with E-state index < -0.39 is 0 Å². The van der Waals surface area contributed by atoms with E-state index in [9.17, 15) is 9.90 Å². The minimum atomic E-state index is 0.129. The smallest absolute Gasteiger partial charge is 0.246 e. The number of aromatic amines is 1. The first kappa shape index (κ1) is 19.6. The highest BCUT2D eigenvalue weighted by molar-refractivity contribution is 5.87. The number of nitrogens with one attached hydrogen (secondary N) is 1. The molecule has 1 aromatic carbocycles. The Morgan fingerprint density at radius 2 is 2.04 bits per heavy atom. The van der Waals surface area contributed by atoms with Gasteiger partial charge in [-0.2, -0.15) is 0 Å². The summed E-state index contributed by atoms with van der Waals surface area (Å²) in [4.78, 5) is 16.2. The van der Waals surface area contributed by atoms with Crippen LogP contribution in [0.4, 0.5) is 5.82 Å². The number of carbonyl (C=O) groups is 1. The predicted octanol–water partition coefficient (Wildman–Crippen LogP) is 3.33. The van der Waals surface area contributed by atoms with Gasteiger partial charge in [0.15, 0.2) is 0 Å². The SMILES string of the molecule is C=CC(=O)N1CCC2CCCC21.N/C(=C\c1cc[nH]c1N)c1ccccc1O. The number of nitrogens with two attached hydrogens (primary N) is 2. The maximum Gasteiger partial charge on any atom is 0.246 e. The Kier molecular flexibility index (Phi) is 6.09. The number of fused-ring (bicyclic) bond motifs is 1. The van der Waals surface area contributed by atoms with Crippen molar-refractivity contribution >= 4 is 23.5 Å². The summed E-state index contributed by atoms with van der Waals surface area (Å²) in [5.41, 5.74) is 13.5. The maximum absolute atomic E-state index is 11.4. The lowest BCUT2D eigenvalue weighted by Crippen LogP contribution is -2.34. The molecule has 2 aromatic rings. The molecule has 1 aromatic heterocycles. The van der Waals surface area contributed by atoms with E-state index in [1.54, 1.807) is 30.5 Å². The van der Waals surface area contributed by atoms with Crippen molar-refractivity contribution in [2.45, 2.75) is 31.7 Å². The van der Waals surface area contributed by atoms with Crippen LogP contribution in [-0.4, -0.2) is 33.5 Å². The van der Waals surface area contributed by atoms with Gasteiger partial charge in [0, 0.05) is 35.6 Å². The highest BCUT2D eigenvalue weighted by atomic mass is 16.3. The molecule has 2 aliphatic rings. The number of likely N-dealkylation sites (tertiary alicyclic amines) is 1. The van der Waals surface area contributed by atoms with Crippen molar-refractivity contribution in [1.82, 2.24) is 9.88 Å². The second-order valence-corrected chi connectivity index (χ2v) is 7.25. The third-order valence-corrected chi connectivity index (χ3v) is 5.56. The molecule has 1 amide bonds. The third-order valence-electron chi connectivity index (χ3n) is 5.56. The van der Waals surface area contributed by atoms with Gasteiger partial charge in [0.1, 0.15) is 11.6 Å². The van der Waals surface area contributed by atoms with Crippen LogP contribution in [0.2, 0.25) is 0 Å². The molecule has 1 saturated heterocycles. The van der Waals surface area contributed by atoms with Gasteiger partial charge in [-0.15, -0.1) is 0 Å². The van der Waals surface area contributed by atoms with Gasteiger partial charge in [0.25, 0.3) is 0 Å². The maximum atomic E-state index is 11.4. The monoisotopic (exact) mass is 380 g/mol. The lowest BCUT2D eigenvalue weighted by atomic mass is 10.0. The molecule has 1 aliphatic carbocycles. The minimum Gasteiger partial charge on any atom is -0.507 e. The minimum absolute atomic E-state index is 0.129. The zero-order valence-corrected chi connectivity index (χ0v) is 16.0. The Hall–Kier alpha value is -3.15. The van der Waals surface area contributed by atoms with Gasteiger partial charge in [0.2, 0.25) is 5.91 Å². The van der Waals surface area contributed by atoms with Gasteiger partial charge in [-0.1, -0.05) is 25.1 Å². The van der Waals surface area contributed by atoms with Crippen LogP contribution in [0.25, 0.3) is 11.8 Å². The summed E-state index contributed by atoms with van der Waals surface area (Å²) < 4.78 is 0. The Balaban J connectivity index is 0.000000167. The first-order valence-corrected chi connectivity index (χ1v) is 9.62. The van der Waals surface area contributed by atoms with Crippen LogP contribution < -0.4 is 11.5 Å². The van der Waals surface area contributed by atoms with E-state index in [2.05, 4.69) is 11.6 Å². The fourth-order valence-electron chi connectivity index (χ4n) is 4.11. The topological polar surface area (TPSA) is 108 Å². The molecule has 6 N–H and O–H groups in total. The van der Waals surface area contributed by atoms with E-state index >= 15 is 0 Å². The summed E-state index contributed by atoms with van der Waals surface area (Å²) in [6.07, 6.45) is 9.96. The van der Waals surface area contributed by atoms with Gasteiger partial charge in [0.05, 0.1) is 0 Å². The fraction of sp³-hybridized carbons (Fsp3) is 0.318. The Bertz CT molecular complexity index is 871. The molecule has 0 spiro atoms. The van der Waals surface area contributed by atoms with E-state index in [0.717, 1.165) is 18.0 Å². The van der Waals surface area contributed by atoms with Crippen LogP contribution in [-0.2, 0) is 4.79 Å². The molecule has 2 atom stereocenters. The van der Waals surface area contributed by atoms with Gasteiger partial charge in [-0.05, 0) is 55.5 Å². The quantitative estimate of drug-likeness (QED) is 0.612. The summed E-state index contributed by atoms with van der Waals surface area (Å²) in [5.74, 6) is 1.64. The Morgan fingerprint density at radius 1 is 1.25 bits per heavy atom. The van der Waals surface area contributed by atoms with Crippen LogP contribution in [0.15, 0.2) is 49.2 Å². The van der Waals surface area contributed by atoms with Crippen molar-refractivity contribution in [1.29, 1.82) is 0 Å². The van der Waals surface area contributed by atoms with Crippen LogP contribution in [0, 0.1) is 5.92 Å². The molecule has 1 aliphatic heterocycles. The van der Waals surface area contributed by atoms with Gasteiger partial charge >= 0.3 is 0 Å². The molecular formula is C22H28N4O2. The van der Waals surface area contributed by atoms with Crippen molar-refractivity contribution in [3.05, 3.63) is 60.3 Å². The summed E-state index contributed by atoms with van der Waals surface area (Å²) in [6, 6.07) is 9.28. The second kappa shape index (κ2) is 8.69. The number of anilines is 1. The number of benzene rings is 1. The molecule has 4 rings (SSSR count). The summed E-state index contributed by atoms with van der Waals surface area (Å²) in [7, 11) is 0. The third kappa shape index (κ3) is 4.22. The van der Waals surface area contributed by atoms with Crippen molar-refractivity contribution in [2.24, 2.45) is 11.7 Å². The highest BCUT2D eigenvalue weighted by Gasteiger charge is 2.38. The zero-order chi connectivity index (χ0) is 20.1. The number of hydrogen-bond acceptors (Lipinski definition) is 4. The molecule has 2 heterocycles. The van der Waals surface area contributed by atoms with Crippen molar-refractivity contribution in [3.63, 3.8) is 0 Å². The summed E-state index contributed by atoms with van der Waals surface area (Å²) in [5, 5.41) is 9.62. The number of H-pyrrole nitrogens is 1. The molecular weight excluding hydrogens is 352 g/mol. The highest BCUT2D eigenvalue weighted by Crippen LogP contribution is 2.37. The van der Waals surface area contributed by atoms with E-state index in [0.29, 0.717) is 23.1 Å². The van der Waals surface area contributed by atoms with Gasteiger partial charge in [-0.25, -0.2) is 0 Å². The molecule has 2 unspecified atom stereocenters. The lowest BCUT2D eigenvalue weighted by Gasteiger charge is -2.21. The number of rotatable bonds is 3. The number of phenolic OH excluding ortho intramolecular Hbond substituents is 1. The molecule has 6 heteroatoms. The molecule has 6 nitrogen and oxygen atoms in total. The van der Waals surface area contributed by atoms with Crippen molar-refractivity contribution in [3.8, 4) is 5.75 Å². The van der Waals surface area contributed by atoms with E-state index in [1.165, 1.54) is 31.8 Å². The lowest BCUT2D eigenvalue weighted by molar-refractivity contribution is -0.126. The van der Waals surface area contributed by atoms with Crippen LogP contribution in [0.3, 0.4) is 0 Å². The average Bonchev–Trinajstić information content (AvgIpc) is 3.40. The molecule has 0 bridgehead atoms. The fourth-order valence-corrected chi connectivity index (χ4v) is 4.11. The number of nitrogens with zero attached hydrogens (tertiary/aromatic N) is 1. The predicted molar refractivity (Wildman–Crippen MR) is 113 cm³/mol.